The largest absolute Gasteiger partial charge is 0.507 e. The van der Waals surface area contributed by atoms with Gasteiger partial charge in [-0.05, 0) is 6.92 Å². The molecule has 3 heteroatoms. The molecule has 0 aliphatic rings. The van der Waals surface area contributed by atoms with E-state index in [4.69, 9.17) is 10.2 Å². The lowest BCUT2D eigenvalue weighted by Crippen LogP contribution is -2.06. The molecule has 0 bridgehead atoms. The van der Waals surface area contributed by atoms with Crippen molar-refractivity contribution >= 4 is 5.71 Å². The van der Waals surface area contributed by atoms with E-state index in [0.717, 1.165) is 0 Å². The zero-order valence-corrected chi connectivity index (χ0v) is 5.96. The number of nitrogens with zero attached hydrogens (tertiary/aromatic N) is 1. The third kappa shape index (κ3) is 3.04. The first-order valence-electron chi connectivity index (χ1n) is 2.80. The van der Waals surface area contributed by atoms with Gasteiger partial charge in [0, 0.05) is 5.70 Å². The second-order valence-corrected chi connectivity index (χ2v) is 1.90. The Hall–Kier alpha value is -1.09. The molecule has 0 aromatic heterocycles. The molecule has 56 valence electrons. The third-order valence-electron chi connectivity index (χ3n) is 0.809. The summed E-state index contributed by atoms with van der Waals surface area (Å²) >= 11 is 0. The van der Waals surface area contributed by atoms with Crippen molar-refractivity contribution in [1.29, 1.82) is 0 Å². The van der Waals surface area contributed by atoms with Crippen molar-refractivity contribution in [2.75, 3.05) is 6.61 Å². The van der Waals surface area contributed by atoms with Gasteiger partial charge >= 0.3 is 0 Å². The summed E-state index contributed by atoms with van der Waals surface area (Å²) in [7, 11) is 0. The molecule has 0 unspecified atom stereocenters. The smallest absolute Gasteiger partial charge is 0.132 e. The maximum absolute atomic E-state index is 8.73. The van der Waals surface area contributed by atoms with Crippen LogP contribution in [0.5, 0.6) is 0 Å². The Labute approximate surface area is 60.0 Å². The van der Waals surface area contributed by atoms with E-state index in [2.05, 4.69) is 18.2 Å². The highest BCUT2D eigenvalue weighted by atomic mass is 16.3. The maximum Gasteiger partial charge on any atom is 0.132 e. The standard InChI is InChI=1S/C7H11NO2/c1-5(2)8-7(4-9)6(3)10/h9-10H,1,3-4H2,2H3. The minimum absolute atomic E-state index is 0.160. The SMILES string of the molecule is C=C(C)N=C(CO)C(=C)O. The molecule has 3 nitrogen and oxygen atoms in total. The van der Waals surface area contributed by atoms with Gasteiger partial charge in [0.1, 0.15) is 11.5 Å². The zero-order chi connectivity index (χ0) is 8.15. The fraction of sp³-hybridized carbons (Fsp3) is 0.286. The van der Waals surface area contributed by atoms with Crippen LogP contribution in [0.4, 0.5) is 0 Å². The molecule has 0 spiro atoms. The molecule has 0 aliphatic carbocycles. The number of allylic oxidation sites excluding steroid dienone is 1. The van der Waals surface area contributed by atoms with E-state index in [-0.39, 0.29) is 18.1 Å². The van der Waals surface area contributed by atoms with Gasteiger partial charge in [-0.15, -0.1) is 0 Å². The van der Waals surface area contributed by atoms with E-state index in [1.807, 2.05) is 0 Å². The van der Waals surface area contributed by atoms with Crippen molar-refractivity contribution < 1.29 is 10.2 Å². The number of rotatable bonds is 3. The lowest BCUT2D eigenvalue weighted by atomic mass is 10.3. The molecule has 0 aliphatic heterocycles. The Kier molecular flexibility index (Phi) is 3.43. The Morgan fingerprint density at radius 1 is 1.50 bits per heavy atom. The average molecular weight is 141 g/mol. The van der Waals surface area contributed by atoms with E-state index in [0.29, 0.717) is 5.70 Å². The second-order valence-electron chi connectivity index (χ2n) is 1.90. The summed E-state index contributed by atoms with van der Waals surface area (Å²) in [6.07, 6.45) is 0. The maximum atomic E-state index is 8.73. The van der Waals surface area contributed by atoms with E-state index in [9.17, 15) is 0 Å². The van der Waals surface area contributed by atoms with Crippen LogP contribution in [-0.4, -0.2) is 22.5 Å². The fourth-order valence-corrected chi connectivity index (χ4v) is 0.422. The van der Waals surface area contributed by atoms with Crippen molar-refractivity contribution in [2.45, 2.75) is 6.92 Å². The number of aliphatic hydroxyl groups is 2. The number of aliphatic hydroxyl groups excluding tert-OH is 2. The molecule has 0 atom stereocenters. The summed E-state index contributed by atoms with van der Waals surface area (Å²) in [6.45, 7) is 8.03. The van der Waals surface area contributed by atoms with E-state index in [1.54, 1.807) is 6.92 Å². The topological polar surface area (TPSA) is 52.8 Å². The van der Waals surface area contributed by atoms with Crippen LogP contribution in [0.3, 0.4) is 0 Å². The van der Waals surface area contributed by atoms with Crippen molar-refractivity contribution in [3.8, 4) is 0 Å². The summed E-state index contributed by atoms with van der Waals surface area (Å²) in [5.74, 6) is -0.217. The Balaban J connectivity index is 4.34. The lowest BCUT2D eigenvalue weighted by Gasteiger charge is -1.98. The second kappa shape index (κ2) is 3.85. The van der Waals surface area contributed by atoms with Gasteiger partial charge in [-0.3, -0.25) is 4.99 Å². The van der Waals surface area contributed by atoms with Crippen LogP contribution in [0.1, 0.15) is 6.92 Å². The van der Waals surface area contributed by atoms with Gasteiger partial charge in [0.2, 0.25) is 0 Å². The van der Waals surface area contributed by atoms with Gasteiger partial charge in [0.05, 0.1) is 6.61 Å². The van der Waals surface area contributed by atoms with Gasteiger partial charge < -0.3 is 10.2 Å². The summed E-state index contributed by atoms with van der Waals surface area (Å²) in [5.41, 5.74) is 0.687. The Bertz CT molecular complexity index is 182. The van der Waals surface area contributed by atoms with E-state index >= 15 is 0 Å². The normalized spacial score (nSPS) is 11.2. The summed E-state index contributed by atoms with van der Waals surface area (Å²) in [6, 6.07) is 0. The van der Waals surface area contributed by atoms with E-state index < -0.39 is 0 Å². The van der Waals surface area contributed by atoms with Crippen LogP contribution in [0, 0.1) is 0 Å². The van der Waals surface area contributed by atoms with E-state index in [1.165, 1.54) is 0 Å². The molecule has 0 fully saturated rings. The predicted molar refractivity (Wildman–Crippen MR) is 41.1 cm³/mol. The van der Waals surface area contributed by atoms with Crippen LogP contribution < -0.4 is 0 Å². The molecule has 2 N–H and O–H groups in total. The van der Waals surface area contributed by atoms with Crippen molar-refractivity contribution in [2.24, 2.45) is 4.99 Å². The van der Waals surface area contributed by atoms with Gasteiger partial charge in [-0.2, -0.15) is 0 Å². The van der Waals surface area contributed by atoms with Crippen LogP contribution in [-0.2, 0) is 0 Å². The number of hydrogen-bond donors (Lipinski definition) is 2. The Morgan fingerprint density at radius 2 is 2.00 bits per heavy atom. The van der Waals surface area contributed by atoms with Gasteiger partial charge in [-0.25, -0.2) is 0 Å². The molecule has 0 amide bonds. The lowest BCUT2D eigenvalue weighted by molar-refractivity contribution is 0.348. The molecule has 0 saturated heterocycles. The molecule has 0 aromatic carbocycles. The number of hydrogen-bond acceptors (Lipinski definition) is 3. The summed E-state index contributed by atoms with van der Waals surface area (Å²) in [4.78, 5) is 3.72. The first kappa shape index (κ1) is 8.91. The minimum atomic E-state index is -0.317. The highest BCUT2D eigenvalue weighted by Crippen LogP contribution is 1.95. The van der Waals surface area contributed by atoms with Gasteiger partial charge in [0.15, 0.2) is 0 Å². The molecule has 0 rings (SSSR count). The molecule has 0 radical (unpaired) electrons. The molecular weight excluding hydrogens is 130 g/mol. The highest BCUT2D eigenvalue weighted by Gasteiger charge is 1.98. The third-order valence-corrected chi connectivity index (χ3v) is 0.809. The quantitative estimate of drug-likeness (QED) is 0.455. The molecular formula is C7H11NO2. The van der Waals surface area contributed by atoms with Gasteiger partial charge in [-0.1, -0.05) is 13.2 Å². The van der Waals surface area contributed by atoms with Crippen LogP contribution >= 0.6 is 0 Å². The van der Waals surface area contributed by atoms with Crippen molar-refractivity contribution in [3.05, 3.63) is 24.6 Å². The average Bonchev–Trinajstić information content (AvgIpc) is 1.81. The monoisotopic (exact) mass is 141 g/mol. The minimum Gasteiger partial charge on any atom is -0.507 e. The van der Waals surface area contributed by atoms with Crippen molar-refractivity contribution in [3.63, 3.8) is 0 Å². The van der Waals surface area contributed by atoms with Crippen molar-refractivity contribution in [1.82, 2.24) is 0 Å². The fourth-order valence-electron chi connectivity index (χ4n) is 0.422. The van der Waals surface area contributed by atoms with Gasteiger partial charge in [0.25, 0.3) is 0 Å². The summed E-state index contributed by atoms with van der Waals surface area (Å²) < 4.78 is 0. The predicted octanol–water partition coefficient (Wildman–Crippen LogP) is 1.03. The molecule has 0 heterocycles. The number of aliphatic imine (C=N–C) groups is 1. The molecule has 0 aromatic rings. The van der Waals surface area contributed by atoms with Crippen LogP contribution in [0.2, 0.25) is 0 Å². The molecule has 10 heavy (non-hydrogen) atoms. The zero-order valence-electron chi connectivity index (χ0n) is 5.96. The highest BCUT2D eigenvalue weighted by molar-refractivity contribution is 5.98. The first-order chi connectivity index (χ1) is 4.57. The molecule has 0 saturated carbocycles. The van der Waals surface area contributed by atoms with Crippen LogP contribution in [0.25, 0.3) is 0 Å². The van der Waals surface area contributed by atoms with Crippen LogP contribution in [0.15, 0.2) is 29.6 Å². The Morgan fingerprint density at radius 3 is 2.10 bits per heavy atom. The summed E-state index contributed by atoms with van der Waals surface area (Å²) in [5, 5.41) is 17.3. The first-order valence-corrected chi connectivity index (χ1v) is 2.80.